The highest BCUT2D eigenvalue weighted by Gasteiger charge is 2.11. The molecule has 2 rings (SSSR count). The Labute approximate surface area is 105 Å². The molecule has 0 N–H and O–H groups in total. The molecule has 18 heavy (non-hydrogen) atoms. The van der Waals surface area contributed by atoms with Gasteiger partial charge in [-0.25, -0.2) is 0 Å². The van der Waals surface area contributed by atoms with Crippen LogP contribution in [-0.4, -0.2) is 37.9 Å². The number of ether oxygens (including phenoxy) is 1. The molecule has 0 spiro atoms. The third-order valence-corrected chi connectivity index (χ3v) is 3.01. The quantitative estimate of drug-likeness (QED) is 0.759. The van der Waals surface area contributed by atoms with Gasteiger partial charge in [-0.15, -0.1) is 0 Å². The fourth-order valence-corrected chi connectivity index (χ4v) is 2.08. The van der Waals surface area contributed by atoms with Crippen LogP contribution in [0.5, 0.6) is 6.01 Å². The van der Waals surface area contributed by atoms with Crippen molar-refractivity contribution < 1.29 is 17.3 Å². The standard InChI is InChI=1S/C11H14N2O4S/c1-16-11-12-9-5-3-4-6-10(9)13(11)7-8-17-18(2,14)15/h3-6H,7-8H2,1-2H3. The molecule has 98 valence electrons. The molecule has 0 fully saturated rings. The van der Waals surface area contributed by atoms with Gasteiger partial charge in [-0.1, -0.05) is 12.1 Å². The zero-order valence-electron chi connectivity index (χ0n) is 10.2. The van der Waals surface area contributed by atoms with Gasteiger partial charge in [-0.2, -0.15) is 13.4 Å². The smallest absolute Gasteiger partial charge is 0.297 e. The van der Waals surface area contributed by atoms with E-state index in [0.29, 0.717) is 12.6 Å². The normalized spacial score (nSPS) is 11.9. The Morgan fingerprint density at radius 2 is 2.06 bits per heavy atom. The minimum absolute atomic E-state index is 0.0511. The maximum Gasteiger partial charge on any atom is 0.297 e. The van der Waals surface area contributed by atoms with E-state index in [1.165, 1.54) is 7.11 Å². The number of aromatic nitrogens is 2. The Hall–Kier alpha value is -1.60. The molecule has 1 heterocycles. The van der Waals surface area contributed by atoms with Crippen LogP contribution in [0, 0.1) is 0 Å². The molecule has 0 unspecified atom stereocenters. The summed E-state index contributed by atoms with van der Waals surface area (Å²) in [5.74, 6) is 0. The van der Waals surface area contributed by atoms with Crippen LogP contribution < -0.4 is 4.74 Å². The lowest BCUT2D eigenvalue weighted by atomic mass is 10.3. The van der Waals surface area contributed by atoms with Crippen molar-refractivity contribution in [3.63, 3.8) is 0 Å². The summed E-state index contributed by atoms with van der Waals surface area (Å²) in [7, 11) is -1.90. The summed E-state index contributed by atoms with van der Waals surface area (Å²) < 4.78 is 33.5. The largest absolute Gasteiger partial charge is 0.468 e. The first-order valence-electron chi connectivity index (χ1n) is 5.35. The number of rotatable bonds is 5. The van der Waals surface area contributed by atoms with Gasteiger partial charge in [0.1, 0.15) is 0 Å². The Kier molecular flexibility index (Phi) is 3.53. The number of benzene rings is 1. The van der Waals surface area contributed by atoms with Crippen molar-refractivity contribution in [1.82, 2.24) is 9.55 Å². The van der Waals surface area contributed by atoms with E-state index >= 15 is 0 Å². The summed E-state index contributed by atoms with van der Waals surface area (Å²) in [6.45, 7) is 0.409. The zero-order chi connectivity index (χ0) is 13.2. The van der Waals surface area contributed by atoms with Crippen LogP contribution in [-0.2, 0) is 20.8 Å². The van der Waals surface area contributed by atoms with E-state index < -0.39 is 10.1 Å². The molecule has 1 aromatic heterocycles. The number of nitrogens with zero attached hydrogens (tertiary/aromatic N) is 2. The summed E-state index contributed by atoms with van der Waals surface area (Å²) >= 11 is 0. The van der Waals surface area contributed by atoms with Crippen LogP contribution >= 0.6 is 0 Å². The third-order valence-electron chi connectivity index (χ3n) is 2.41. The summed E-state index contributed by atoms with van der Waals surface area (Å²) in [6, 6.07) is 7.97. The monoisotopic (exact) mass is 270 g/mol. The number of hydrogen-bond acceptors (Lipinski definition) is 5. The Balaban J connectivity index is 2.25. The van der Waals surface area contributed by atoms with E-state index in [1.807, 2.05) is 24.3 Å². The van der Waals surface area contributed by atoms with Crippen molar-refractivity contribution in [3.05, 3.63) is 24.3 Å². The van der Waals surface area contributed by atoms with E-state index in [9.17, 15) is 8.42 Å². The average Bonchev–Trinajstić information content (AvgIpc) is 2.66. The Morgan fingerprint density at radius 1 is 1.33 bits per heavy atom. The molecule has 0 saturated carbocycles. The third kappa shape index (κ3) is 2.80. The molecule has 7 heteroatoms. The van der Waals surface area contributed by atoms with Gasteiger partial charge in [0, 0.05) is 0 Å². The highest BCUT2D eigenvalue weighted by Crippen LogP contribution is 2.20. The predicted octanol–water partition coefficient (Wildman–Crippen LogP) is 1.02. The summed E-state index contributed by atoms with van der Waals surface area (Å²) in [5.41, 5.74) is 1.68. The average molecular weight is 270 g/mol. The van der Waals surface area contributed by atoms with E-state index in [-0.39, 0.29) is 6.61 Å². The molecule has 0 saturated heterocycles. The second-order valence-electron chi connectivity index (χ2n) is 3.76. The van der Waals surface area contributed by atoms with Gasteiger partial charge < -0.3 is 4.74 Å². The molecular weight excluding hydrogens is 256 g/mol. The molecule has 0 radical (unpaired) electrons. The lowest BCUT2D eigenvalue weighted by molar-refractivity contribution is 0.289. The lowest BCUT2D eigenvalue weighted by Gasteiger charge is -2.07. The number of methoxy groups -OCH3 is 1. The highest BCUT2D eigenvalue weighted by atomic mass is 32.2. The van der Waals surface area contributed by atoms with Crippen LogP contribution in [0.25, 0.3) is 11.0 Å². The minimum atomic E-state index is -3.42. The van der Waals surface area contributed by atoms with E-state index in [4.69, 9.17) is 8.92 Å². The topological polar surface area (TPSA) is 70.4 Å². The van der Waals surface area contributed by atoms with E-state index in [0.717, 1.165) is 17.3 Å². The number of fused-ring (bicyclic) bond motifs is 1. The predicted molar refractivity (Wildman–Crippen MR) is 67.1 cm³/mol. The number of hydrogen-bond donors (Lipinski definition) is 0. The molecule has 0 amide bonds. The van der Waals surface area contributed by atoms with Gasteiger partial charge >= 0.3 is 0 Å². The molecule has 0 aliphatic carbocycles. The molecule has 2 aromatic rings. The fraction of sp³-hybridized carbons (Fsp3) is 0.364. The van der Waals surface area contributed by atoms with Crippen LogP contribution in [0.3, 0.4) is 0 Å². The van der Waals surface area contributed by atoms with Gasteiger partial charge in [-0.05, 0) is 12.1 Å². The van der Waals surface area contributed by atoms with Crippen molar-refractivity contribution >= 4 is 21.2 Å². The molecular formula is C11H14N2O4S. The zero-order valence-corrected chi connectivity index (χ0v) is 11.0. The fourth-order valence-electron chi connectivity index (χ4n) is 1.71. The summed E-state index contributed by atoms with van der Waals surface area (Å²) in [6.07, 6.45) is 1.02. The van der Waals surface area contributed by atoms with E-state index in [1.54, 1.807) is 4.57 Å². The van der Waals surface area contributed by atoms with Crippen LogP contribution in [0.4, 0.5) is 0 Å². The van der Waals surface area contributed by atoms with E-state index in [2.05, 4.69) is 4.98 Å². The molecule has 0 aliphatic rings. The second kappa shape index (κ2) is 4.95. The van der Waals surface area contributed by atoms with Crippen LogP contribution in [0.2, 0.25) is 0 Å². The first-order chi connectivity index (χ1) is 8.51. The van der Waals surface area contributed by atoms with Gasteiger partial charge in [-0.3, -0.25) is 8.75 Å². The maximum absolute atomic E-state index is 10.9. The van der Waals surface area contributed by atoms with Gasteiger partial charge in [0.2, 0.25) is 0 Å². The maximum atomic E-state index is 10.9. The van der Waals surface area contributed by atoms with Crippen molar-refractivity contribution in [2.24, 2.45) is 0 Å². The molecule has 6 nitrogen and oxygen atoms in total. The Morgan fingerprint density at radius 3 is 2.72 bits per heavy atom. The molecule has 0 aliphatic heterocycles. The summed E-state index contributed by atoms with van der Waals surface area (Å²) in [4.78, 5) is 4.28. The molecule has 1 aromatic carbocycles. The summed E-state index contributed by atoms with van der Waals surface area (Å²) in [5, 5.41) is 0. The van der Waals surface area contributed by atoms with Crippen molar-refractivity contribution in [2.75, 3.05) is 20.0 Å². The Bertz CT molecular complexity index is 648. The second-order valence-corrected chi connectivity index (χ2v) is 5.41. The number of imidazole rings is 1. The van der Waals surface area contributed by atoms with Gasteiger partial charge in [0.05, 0.1) is 37.6 Å². The molecule has 0 atom stereocenters. The van der Waals surface area contributed by atoms with Crippen molar-refractivity contribution in [2.45, 2.75) is 6.54 Å². The number of para-hydroxylation sites is 2. The van der Waals surface area contributed by atoms with Gasteiger partial charge in [0.15, 0.2) is 0 Å². The highest BCUT2D eigenvalue weighted by molar-refractivity contribution is 7.85. The van der Waals surface area contributed by atoms with Crippen molar-refractivity contribution in [3.8, 4) is 6.01 Å². The minimum Gasteiger partial charge on any atom is -0.468 e. The molecule has 0 bridgehead atoms. The van der Waals surface area contributed by atoms with Crippen molar-refractivity contribution in [1.29, 1.82) is 0 Å². The SMILES string of the molecule is COc1nc2ccccc2n1CCOS(C)(=O)=O. The van der Waals surface area contributed by atoms with Gasteiger partial charge in [0.25, 0.3) is 16.1 Å². The lowest BCUT2D eigenvalue weighted by Crippen LogP contribution is -2.11. The van der Waals surface area contributed by atoms with Crippen LogP contribution in [0.15, 0.2) is 24.3 Å². The first kappa shape index (κ1) is 12.8. The first-order valence-corrected chi connectivity index (χ1v) is 7.16. The van der Waals surface area contributed by atoms with Crippen LogP contribution in [0.1, 0.15) is 0 Å².